The van der Waals surface area contributed by atoms with E-state index in [1.54, 1.807) is 24.4 Å². The van der Waals surface area contributed by atoms with E-state index in [4.69, 9.17) is 0 Å². The number of rotatable bonds is 2. The molecule has 0 bridgehead atoms. The highest BCUT2D eigenvalue weighted by Crippen LogP contribution is 2.26. The largest absolute Gasteiger partial charge is 0.340 e. The van der Waals surface area contributed by atoms with Crippen LogP contribution in [0.2, 0.25) is 0 Å². The Kier molecular flexibility index (Phi) is 3.95. The number of H-pyrrole nitrogens is 1. The van der Waals surface area contributed by atoms with Gasteiger partial charge in [-0.15, -0.1) is 0 Å². The van der Waals surface area contributed by atoms with Crippen molar-refractivity contribution in [3.63, 3.8) is 0 Å². The molecule has 0 spiro atoms. The number of anilines is 1. The van der Waals surface area contributed by atoms with Gasteiger partial charge in [0.15, 0.2) is 5.65 Å². The van der Waals surface area contributed by atoms with Gasteiger partial charge >= 0.3 is 0 Å². The van der Waals surface area contributed by atoms with Crippen molar-refractivity contribution in [2.45, 2.75) is 32.2 Å². The molecule has 25 heavy (non-hydrogen) atoms. The summed E-state index contributed by atoms with van der Waals surface area (Å²) in [6.07, 6.45) is 5.01. The number of hydrogen-bond donors (Lipinski definition) is 1. The zero-order valence-corrected chi connectivity index (χ0v) is 14.0. The molecule has 6 heteroatoms. The monoisotopic (exact) mass is 338 g/mol. The molecule has 1 aliphatic rings. The van der Waals surface area contributed by atoms with Crippen LogP contribution in [0, 0.1) is 5.82 Å². The van der Waals surface area contributed by atoms with Crippen molar-refractivity contribution in [3.05, 3.63) is 52.7 Å². The van der Waals surface area contributed by atoms with Crippen LogP contribution in [0.25, 0.3) is 22.2 Å². The van der Waals surface area contributed by atoms with Gasteiger partial charge in [0.25, 0.3) is 5.56 Å². The summed E-state index contributed by atoms with van der Waals surface area (Å²) in [7, 11) is 0. The van der Waals surface area contributed by atoms with Gasteiger partial charge in [0.2, 0.25) is 5.95 Å². The van der Waals surface area contributed by atoms with Gasteiger partial charge in [-0.05, 0) is 55.5 Å². The summed E-state index contributed by atoms with van der Waals surface area (Å²) in [5, 5.41) is 0.433. The number of pyridine rings is 1. The average molecular weight is 338 g/mol. The maximum absolute atomic E-state index is 13.2. The Morgan fingerprint density at radius 1 is 1.20 bits per heavy atom. The molecular weight excluding hydrogens is 319 g/mol. The first-order valence-electron chi connectivity index (χ1n) is 8.55. The smallest absolute Gasteiger partial charge is 0.262 e. The van der Waals surface area contributed by atoms with Gasteiger partial charge in [-0.1, -0.05) is 12.1 Å². The van der Waals surface area contributed by atoms with Crippen LogP contribution in [0.3, 0.4) is 0 Å². The molecule has 0 radical (unpaired) electrons. The van der Waals surface area contributed by atoms with Gasteiger partial charge in [-0.2, -0.15) is 4.98 Å². The van der Waals surface area contributed by atoms with Crippen LogP contribution in [0.4, 0.5) is 10.3 Å². The highest BCUT2D eigenvalue weighted by atomic mass is 19.1. The van der Waals surface area contributed by atoms with Gasteiger partial charge < -0.3 is 4.90 Å². The first kappa shape index (κ1) is 15.7. The number of benzene rings is 1. The fraction of sp³-hybridized carbons (Fsp3) is 0.316. The van der Waals surface area contributed by atoms with Crippen LogP contribution < -0.4 is 10.5 Å². The second-order valence-corrected chi connectivity index (χ2v) is 6.49. The minimum atomic E-state index is -0.310. The summed E-state index contributed by atoms with van der Waals surface area (Å²) < 4.78 is 13.2. The lowest BCUT2D eigenvalue weighted by molar-refractivity contribution is 0.477. The van der Waals surface area contributed by atoms with E-state index < -0.39 is 0 Å². The Morgan fingerprint density at radius 2 is 2.00 bits per heavy atom. The molecular formula is C19H19FN4O. The minimum Gasteiger partial charge on any atom is -0.340 e. The number of nitrogens with one attached hydrogen (secondary N) is 1. The van der Waals surface area contributed by atoms with Crippen LogP contribution in [0.1, 0.15) is 26.2 Å². The Morgan fingerprint density at radius 3 is 2.76 bits per heavy atom. The lowest BCUT2D eigenvalue weighted by Gasteiger charge is -2.33. The van der Waals surface area contributed by atoms with E-state index in [2.05, 4.69) is 26.8 Å². The van der Waals surface area contributed by atoms with E-state index in [9.17, 15) is 9.18 Å². The molecule has 128 valence electrons. The highest BCUT2D eigenvalue weighted by Gasteiger charge is 2.22. The third-order valence-corrected chi connectivity index (χ3v) is 4.83. The molecule has 0 aliphatic carbocycles. The molecule has 1 unspecified atom stereocenters. The maximum atomic E-state index is 13.2. The quantitative estimate of drug-likeness (QED) is 0.777. The molecule has 3 aromatic rings. The van der Waals surface area contributed by atoms with E-state index in [1.165, 1.54) is 18.6 Å². The fourth-order valence-electron chi connectivity index (χ4n) is 3.47. The van der Waals surface area contributed by atoms with Crippen molar-refractivity contribution in [2.75, 3.05) is 11.4 Å². The summed E-state index contributed by atoms with van der Waals surface area (Å²) in [5.41, 5.74) is 1.67. The third kappa shape index (κ3) is 2.88. The molecule has 3 heterocycles. The molecule has 5 nitrogen and oxygen atoms in total. The molecule has 1 saturated heterocycles. The van der Waals surface area contributed by atoms with Crippen molar-refractivity contribution >= 4 is 17.0 Å². The molecule has 1 atom stereocenters. The van der Waals surface area contributed by atoms with E-state index in [1.807, 2.05) is 0 Å². The number of fused-ring (bicyclic) bond motifs is 1. The van der Waals surface area contributed by atoms with Crippen LogP contribution in [-0.2, 0) is 0 Å². The Bertz CT molecular complexity index is 967. The van der Waals surface area contributed by atoms with Crippen molar-refractivity contribution < 1.29 is 4.39 Å². The van der Waals surface area contributed by atoms with Gasteiger partial charge in [-0.25, -0.2) is 9.37 Å². The maximum Gasteiger partial charge on any atom is 0.262 e. The Balaban J connectivity index is 1.86. The molecule has 0 amide bonds. The lowest BCUT2D eigenvalue weighted by atomic mass is 10.0. The molecule has 0 saturated carbocycles. The number of hydrogen-bond acceptors (Lipinski definition) is 4. The molecule has 1 N–H and O–H groups in total. The predicted molar refractivity (Wildman–Crippen MR) is 96.2 cm³/mol. The molecule has 2 aromatic heterocycles. The summed E-state index contributed by atoms with van der Waals surface area (Å²) in [6.45, 7) is 3.03. The van der Waals surface area contributed by atoms with E-state index in [-0.39, 0.29) is 11.4 Å². The number of aromatic nitrogens is 3. The van der Waals surface area contributed by atoms with E-state index in [0.717, 1.165) is 24.9 Å². The van der Waals surface area contributed by atoms with Gasteiger partial charge in [0, 0.05) is 18.8 Å². The summed E-state index contributed by atoms with van der Waals surface area (Å²) in [4.78, 5) is 26.7. The second-order valence-electron chi connectivity index (χ2n) is 6.49. The average Bonchev–Trinajstić information content (AvgIpc) is 2.62. The summed E-state index contributed by atoms with van der Waals surface area (Å²) >= 11 is 0. The first-order chi connectivity index (χ1) is 12.1. The molecule has 4 rings (SSSR count). The lowest BCUT2D eigenvalue weighted by Crippen LogP contribution is -2.39. The highest BCUT2D eigenvalue weighted by molar-refractivity contribution is 5.92. The van der Waals surface area contributed by atoms with Crippen molar-refractivity contribution in [3.8, 4) is 11.1 Å². The topological polar surface area (TPSA) is 61.9 Å². The van der Waals surface area contributed by atoms with Gasteiger partial charge in [-0.3, -0.25) is 9.78 Å². The SMILES string of the molecule is CC1CCCCN1c1nc2nccc(-c3ccc(F)cc3)c2c(=O)[nH]1. The van der Waals surface area contributed by atoms with Crippen LogP contribution >= 0.6 is 0 Å². The molecule has 1 fully saturated rings. The first-order valence-corrected chi connectivity index (χ1v) is 8.55. The number of piperidine rings is 1. The van der Waals surface area contributed by atoms with Crippen molar-refractivity contribution in [1.29, 1.82) is 0 Å². The third-order valence-electron chi connectivity index (χ3n) is 4.83. The molecule has 1 aliphatic heterocycles. The number of nitrogens with zero attached hydrogens (tertiary/aromatic N) is 3. The van der Waals surface area contributed by atoms with E-state index >= 15 is 0 Å². The minimum absolute atomic E-state index is 0.217. The summed E-state index contributed by atoms with van der Waals surface area (Å²) in [5.74, 6) is 0.268. The van der Waals surface area contributed by atoms with Gasteiger partial charge in [0.1, 0.15) is 5.82 Å². The normalized spacial score (nSPS) is 17.8. The fourth-order valence-corrected chi connectivity index (χ4v) is 3.47. The summed E-state index contributed by atoms with van der Waals surface area (Å²) in [6, 6.07) is 8.18. The zero-order chi connectivity index (χ0) is 17.4. The van der Waals surface area contributed by atoms with Crippen molar-refractivity contribution in [1.82, 2.24) is 15.0 Å². The Hall–Kier alpha value is -2.76. The molecule has 1 aromatic carbocycles. The second kappa shape index (κ2) is 6.27. The van der Waals surface area contributed by atoms with Crippen LogP contribution in [0.15, 0.2) is 41.3 Å². The Labute approximate surface area is 144 Å². The zero-order valence-electron chi connectivity index (χ0n) is 14.0. The van der Waals surface area contributed by atoms with E-state index in [0.29, 0.717) is 28.6 Å². The standard InChI is InChI=1S/C19H19FN4O/c1-12-4-2-3-11-24(12)19-22-17-16(18(25)23-19)15(9-10-21-17)13-5-7-14(20)8-6-13/h5-10,12H,2-4,11H2,1H3,(H,21,22,23,25). The van der Waals surface area contributed by atoms with Crippen LogP contribution in [-0.4, -0.2) is 27.5 Å². The van der Waals surface area contributed by atoms with Crippen LogP contribution in [0.5, 0.6) is 0 Å². The number of halogens is 1. The van der Waals surface area contributed by atoms with Gasteiger partial charge in [0.05, 0.1) is 5.39 Å². The van der Waals surface area contributed by atoms with Crippen molar-refractivity contribution in [2.24, 2.45) is 0 Å². The number of aromatic amines is 1. The predicted octanol–water partition coefficient (Wildman–Crippen LogP) is 3.50.